The van der Waals surface area contributed by atoms with E-state index in [0.29, 0.717) is 12.5 Å². The van der Waals surface area contributed by atoms with Crippen molar-refractivity contribution in [2.24, 2.45) is 0 Å². The molecular formula is C12H19N3O3S. The van der Waals surface area contributed by atoms with Gasteiger partial charge in [0.05, 0.1) is 23.7 Å². The number of nitrogens with one attached hydrogen (secondary N) is 1. The van der Waals surface area contributed by atoms with Crippen molar-refractivity contribution in [3.8, 4) is 0 Å². The van der Waals surface area contributed by atoms with Crippen LogP contribution < -0.4 is 5.32 Å². The molecule has 0 saturated carbocycles. The van der Waals surface area contributed by atoms with Gasteiger partial charge in [0.25, 0.3) is 0 Å². The molecule has 0 bridgehead atoms. The molecule has 0 radical (unpaired) electrons. The minimum absolute atomic E-state index is 0.0756. The number of hydrogen-bond acceptors (Lipinski definition) is 4. The highest BCUT2D eigenvalue weighted by molar-refractivity contribution is 7.09. The first-order valence-corrected chi connectivity index (χ1v) is 6.93. The summed E-state index contributed by atoms with van der Waals surface area (Å²) >= 11 is 1.59. The van der Waals surface area contributed by atoms with Crippen molar-refractivity contribution in [2.45, 2.75) is 32.7 Å². The molecule has 2 amide bonds. The van der Waals surface area contributed by atoms with Crippen LogP contribution in [0.4, 0.5) is 4.79 Å². The molecule has 0 spiro atoms. The molecule has 0 aliphatic carbocycles. The average molecular weight is 285 g/mol. The van der Waals surface area contributed by atoms with Crippen LogP contribution in [0.1, 0.15) is 36.9 Å². The molecule has 0 aliphatic heterocycles. The number of carboxylic acid groups (broad SMARTS) is 1. The van der Waals surface area contributed by atoms with Gasteiger partial charge in [-0.3, -0.25) is 4.79 Å². The fraction of sp³-hybridized carbons (Fsp3) is 0.583. The number of aliphatic carboxylic acids is 1. The quantitative estimate of drug-likeness (QED) is 0.836. The largest absolute Gasteiger partial charge is 0.481 e. The van der Waals surface area contributed by atoms with Crippen LogP contribution in [0, 0.1) is 0 Å². The van der Waals surface area contributed by atoms with Gasteiger partial charge in [0.2, 0.25) is 0 Å². The lowest BCUT2D eigenvalue weighted by Crippen LogP contribution is -2.37. The van der Waals surface area contributed by atoms with E-state index in [9.17, 15) is 9.59 Å². The van der Waals surface area contributed by atoms with Crippen LogP contribution in [-0.2, 0) is 11.3 Å². The molecule has 1 aromatic heterocycles. The van der Waals surface area contributed by atoms with Gasteiger partial charge >= 0.3 is 12.0 Å². The normalized spacial score (nSPS) is 10.5. The van der Waals surface area contributed by atoms with Crippen molar-refractivity contribution >= 4 is 23.3 Å². The van der Waals surface area contributed by atoms with Crippen molar-refractivity contribution in [3.05, 3.63) is 16.1 Å². The van der Waals surface area contributed by atoms with Gasteiger partial charge in [-0.25, -0.2) is 9.78 Å². The molecule has 0 unspecified atom stereocenters. The standard InChI is InChI=1S/C12H19N3O3S/c1-8(2)11-14-9(7-19-11)6-15(3)12(18)13-5-4-10(16)17/h7-8H,4-6H2,1-3H3,(H,13,18)(H,16,17). The van der Waals surface area contributed by atoms with E-state index in [1.165, 1.54) is 4.90 Å². The zero-order chi connectivity index (χ0) is 14.4. The van der Waals surface area contributed by atoms with Gasteiger partial charge in [-0.05, 0) is 0 Å². The van der Waals surface area contributed by atoms with Crippen LogP contribution in [0.2, 0.25) is 0 Å². The summed E-state index contributed by atoms with van der Waals surface area (Å²) in [7, 11) is 1.66. The zero-order valence-corrected chi connectivity index (χ0v) is 12.2. The highest BCUT2D eigenvalue weighted by Gasteiger charge is 2.12. The van der Waals surface area contributed by atoms with Gasteiger partial charge in [-0.2, -0.15) is 0 Å². The van der Waals surface area contributed by atoms with Crippen LogP contribution in [-0.4, -0.2) is 40.6 Å². The van der Waals surface area contributed by atoms with Crippen LogP contribution in [0.5, 0.6) is 0 Å². The van der Waals surface area contributed by atoms with E-state index in [-0.39, 0.29) is 19.0 Å². The van der Waals surface area contributed by atoms with E-state index in [2.05, 4.69) is 24.1 Å². The third kappa shape index (κ3) is 5.25. The monoisotopic (exact) mass is 285 g/mol. The van der Waals surface area contributed by atoms with E-state index in [1.807, 2.05) is 5.38 Å². The predicted molar refractivity (Wildman–Crippen MR) is 73.3 cm³/mol. The first-order chi connectivity index (χ1) is 8.90. The second-order valence-corrected chi connectivity index (χ2v) is 5.45. The molecular weight excluding hydrogens is 266 g/mol. The summed E-state index contributed by atoms with van der Waals surface area (Å²) in [4.78, 5) is 27.9. The van der Waals surface area contributed by atoms with Gasteiger partial charge < -0.3 is 15.3 Å². The Morgan fingerprint density at radius 2 is 2.21 bits per heavy atom. The van der Waals surface area contributed by atoms with E-state index < -0.39 is 5.97 Å². The van der Waals surface area contributed by atoms with Gasteiger partial charge in [0.15, 0.2) is 0 Å². The molecule has 0 aromatic carbocycles. The number of carboxylic acids is 1. The highest BCUT2D eigenvalue weighted by atomic mass is 32.1. The molecule has 19 heavy (non-hydrogen) atoms. The Kier molecular flexibility index (Phi) is 5.75. The smallest absolute Gasteiger partial charge is 0.317 e. The Labute approximate surface area is 116 Å². The number of urea groups is 1. The maximum atomic E-state index is 11.7. The van der Waals surface area contributed by atoms with Crippen molar-refractivity contribution in [1.82, 2.24) is 15.2 Å². The number of hydrogen-bond donors (Lipinski definition) is 2. The van der Waals surface area contributed by atoms with E-state index in [4.69, 9.17) is 5.11 Å². The van der Waals surface area contributed by atoms with Crippen molar-refractivity contribution in [2.75, 3.05) is 13.6 Å². The summed E-state index contributed by atoms with van der Waals surface area (Å²) in [5.74, 6) is -0.544. The van der Waals surface area contributed by atoms with Crippen LogP contribution in [0.25, 0.3) is 0 Å². The first kappa shape index (κ1) is 15.4. The molecule has 1 aromatic rings. The minimum Gasteiger partial charge on any atom is -0.481 e. The van der Waals surface area contributed by atoms with Gasteiger partial charge in [-0.1, -0.05) is 13.8 Å². The molecule has 0 atom stereocenters. The highest BCUT2D eigenvalue weighted by Crippen LogP contribution is 2.19. The molecule has 7 heteroatoms. The third-order valence-electron chi connectivity index (χ3n) is 2.42. The van der Waals surface area contributed by atoms with Crippen LogP contribution in [0.3, 0.4) is 0 Å². The lowest BCUT2D eigenvalue weighted by atomic mass is 10.2. The molecule has 0 fully saturated rings. The Morgan fingerprint density at radius 1 is 1.53 bits per heavy atom. The molecule has 1 rings (SSSR count). The van der Waals surface area contributed by atoms with Gasteiger partial charge in [-0.15, -0.1) is 11.3 Å². The summed E-state index contributed by atoms with van der Waals surface area (Å²) < 4.78 is 0. The Balaban J connectivity index is 2.42. The van der Waals surface area contributed by atoms with Crippen molar-refractivity contribution in [1.29, 1.82) is 0 Å². The summed E-state index contributed by atoms with van der Waals surface area (Å²) in [5.41, 5.74) is 0.851. The molecule has 6 nitrogen and oxygen atoms in total. The maximum absolute atomic E-state index is 11.7. The average Bonchev–Trinajstić information content (AvgIpc) is 2.76. The van der Waals surface area contributed by atoms with Crippen molar-refractivity contribution in [3.63, 3.8) is 0 Å². The Morgan fingerprint density at radius 3 is 2.74 bits per heavy atom. The number of thiazole rings is 1. The number of carbonyl (C=O) groups excluding carboxylic acids is 1. The topological polar surface area (TPSA) is 82.5 Å². The number of nitrogens with zero attached hydrogens (tertiary/aromatic N) is 2. The fourth-order valence-corrected chi connectivity index (χ4v) is 2.21. The summed E-state index contributed by atoms with van der Waals surface area (Å²) in [6, 6.07) is -0.291. The zero-order valence-electron chi connectivity index (χ0n) is 11.3. The fourth-order valence-electron chi connectivity index (χ4n) is 1.39. The number of amides is 2. The number of carbonyl (C=O) groups is 2. The number of aromatic nitrogens is 1. The lowest BCUT2D eigenvalue weighted by molar-refractivity contribution is -0.136. The molecule has 106 valence electrons. The van der Waals surface area contributed by atoms with E-state index in [0.717, 1.165) is 10.7 Å². The Hall–Kier alpha value is -1.63. The molecule has 0 saturated heterocycles. The third-order valence-corrected chi connectivity index (χ3v) is 3.62. The Bertz CT molecular complexity index is 445. The molecule has 2 N–H and O–H groups in total. The second-order valence-electron chi connectivity index (χ2n) is 4.56. The number of rotatable bonds is 6. The minimum atomic E-state index is -0.927. The summed E-state index contributed by atoms with van der Waals surface area (Å²) in [6.45, 7) is 4.70. The lowest BCUT2D eigenvalue weighted by Gasteiger charge is -2.16. The van der Waals surface area contributed by atoms with Crippen LogP contribution in [0.15, 0.2) is 5.38 Å². The van der Waals surface area contributed by atoms with Gasteiger partial charge in [0.1, 0.15) is 0 Å². The van der Waals surface area contributed by atoms with Crippen molar-refractivity contribution < 1.29 is 14.7 Å². The molecule has 0 aliphatic rings. The van der Waals surface area contributed by atoms with E-state index >= 15 is 0 Å². The molecule has 1 heterocycles. The summed E-state index contributed by atoms with van der Waals surface area (Å²) in [6.07, 6.45) is -0.0756. The SMILES string of the molecule is CC(C)c1nc(CN(C)C(=O)NCCC(=O)O)cs1. The summed E-state index contributed by atoms with van der Waals surface area (Å²) in [5, 5.41) is 14.0. The second kappa shape index (κ2) is 7.08. The first-order valence-electron chi connectivity index (χ1n) is 6.05. The predicted octanol–water partition coefficient (Wildman–Crippen LogP) is 1.88. The maximum Gasteiger partial charge on any atom is 0.317 e. The van der Waals surface area contributed by atoms with Crippen LogP contribution >= 0.6 is 11.3 Å². The van der Waals surface area contributed by atoms with Gasteiger partial charge in [0, 0.05) is 24.9 Å². The van der Waals surface area contributed by atoms with E-state index in [1.54, 1.807) is 18.4 Å².